The van der Waals surface area contributed by atoms with Gasteiger partial charge >= 0.3 is 11.9 Å². The number of rotatable bonds is 7. The Bertz CT molecular complexity index is 365. The van der Waals surface area contributed by atoms with E-state index in [1.165, 1.54) is 0 Å². The van der Waals surface area contributed by atoms with Gasteiger partial charge in [-0.15, -0.1) is 0 Å². The zero-order valence-corrected chi connectivity index (χ0v) is 14.8. The first kappa shape index (κ1) is 19.9. The fraction of sp³-hybridized carbons (Fsp3) is 0.882. The normalized spacial score (nSPS) is 16.7. The highest BCUT2D eigenvalue weighted by atomic mass is 16.5. The van der Waals surface area contributed by atoms with E-state index in [1.807, 2.05) is 41.5 Å². The summed E-state index contributed by atoms with van der Waals surface area (Å²) >= 11 is 0. The molecule has 0 aromatic heterocycles. The quantitative estimate of drug-likeness (QED) is 0.567. The lowest BCUT2D eigenvalue weighted by Crippen LogP contribution is -2.48. The summed E-state index contributed by atoms with van der Waals surface area (Å²) in [5.74, 6) is -1.89. The summed E-state index contributed by atoms with van der Waals surface area (Å²) in [7, 11) is 0. The van der Waals surface area contributed by atoms with Crippen LogP contribution < -0.4 is 0 Å². The van der Waals surface area contributed by atoms with Crippen molar-refractivity contribution in [1.82, 2.24) is 0 Å². The van der Waals surface area contributed by atoms with Gasteiger partial charge in [-0.2, -0.15) is 0 Å². The first-order chi connectivity index (χ1) is 9.39. The van der Waals surface area contributed by atoms with Gasteiger partial charge in [0.1, 0.15) is 6.10 Å². The molecule has 0 saturated carbocycles. The smallest absolute Gasteiger partial charge is 0.324 e. The van der Waals surface area contributed by atoms with Crippen molar-refractivity contribution in [2.75, 3.05) is 0 Å². The number of carboxylic acid groups (broad SMARTS) is 1. The second-order valence-corrected chi connectivity index (χ2v) is 7.70. The van der Waals surface area contributed by atoms with E-state index in [4.69, 9.17) is 4.74 Å². The minimum atomic E-state index is -1.47. The monoisotopic (exact) mass is 300 g/mol. The van der Waals surface area contributed by atoms with Crippen molar-refractivity contribution < 1.29 is 19.4 Å². The van der Waals surface area contributed by atoms with Gasteiger partial charge in [0, 0.05) is 0 Å². The van der Waals surface area contributed by atoms with Crippen molar-refractivity contribution in [3.8, 4) is 0 Å². The van der Waals surface area contributed by atoms with Crippen LogP contribution in [-0.4, -0.2) is 23.1 Å². The van der Waals surface area contributed by atoms with Crippen LogP contribution in [0.4, 0.5) is 0 Å². The molecular formula is C17H32O4. The van der Waals surface area contributed by atoms with E-state index in [1.54, 1.807) is 13.8 Å². The lowest BCUT2D eigenvalue weighted by molar-refractivity contribution is -0.182. The Kier molecular flexibility index (Phi) is 6.91. The molecule has 0 aliphatic rings. The van der Waals surface area contributed by atoms with E-state index in [9.17, 15) is 14.7 Å². The fourth-order valence-corrected chi connectivity index (χ4v) is 2.73. The molecule has 1 N–H and O–H groups in total. The molecule has 0 fully saturated rings. The van der Waals surface area contributed by atoms with Crippen molar-refractivity contribution in [2.45, 2.75) is 74.3 Å². The molecule has 0 saturated heterocycles. The molecule has 4 heteroatoms. The number of carbonyl (C=O) groups excluding carboxylic acids is 1. The third kappa shape index (κ3) is 4.72. The Labute approximate surface area is 129 Å². The Morgan fingerprint density at radius 3 is 1.81 bits per heavy atom. The van der Waals surface area contributed by atoms with Gasteiger partial charge < -0.3 is 9.84 Å². The number of ether oxygens (including phenoxy) is 1. The third-order valence-corrected chi connectivity index (χ3v) is 4.05. The van der Waals surface area contributed by atoms with Crippen molar-refractivity contribution in [2.24, 2.45) is 22.7 Å². The van der Waals surface area contributed by atoms with Crippen LogP contribution in [-0.2, 0) is 14.3 Å². The van der Waals surface area contributed by atoms with Gasteiger partial charge in [-0.05, 0) is 30.1 Å². The molecule has 2 atom stereocenters. The van der Waals surface area contributed by atoms with Gasteiger partial charge in [0.2, 0.25) is 0 Å². The Morgan fingerprint density at radius 1 is 1.10 bits per heavy atom. The summed E-state index contributed by atoms with van der Waals surface area (Å²) < 4.78 is 5.63. The highest BCUT2D eigenvalue weighted by Crippen LogP contribution is 2.38. The van der Waals surface area contributed by atoms with Crippen LogP contribution in [0, 0.1) is 22.7 Å². The number of hydrogen-bond donors (Lipinski definition) is 1. The molecule has 0 aromatic carbocycles. The molecule has 0 spiro atoms. The Morgan fingerprint density at radius 2 is 1.57 bits per heavy atom. The predicted molar refractivity (Wildman–Crippen MR) is 84.0 cm³/mol. The molecular weight excluding hydrogens is 268 g/mol. The summed E-state index contributed by atoms with van der Waals surface area (Å²) in [4.78, 5) is 24.6. The average Bonchev–Trinajstić information content (AvgIpc) is 2.29. The Balaban J connectivity index is 5.53. The maximum absolute atomic E-state index is 12.7. The zero-order chi connectivity index (χ0) is 17.0. The summed E-state index contributed by atoms with van der Waals surface area (Å²) in [6.07, 6.45) is 0.680. The first-order valence-corrected chi connectivity index (χ1v) is 7.84. The number of carbonyl (C=O) groups is 2. The molecule has 0 amide bonds. The number of aliphatic carboxylic acids is 1. The van der Waals surface area contributed by atoms with E-state index in [-0.39, 0.29) is 23.4 Å². The van der Waals surface area contributed by atoms with E-state index in [2.05, 4.69) is 0 Å². The second kappa shape index (κ2) is 7.28. The zero-order valence-electron chi connectivity index (χ0n) is 14.8. The highest BCUT2D eigenvalue weighted by Gasteiger charge is 2.51. The van der Waals surface area contributed by atoms with Crippen molar-refractivity contribution in [1.29, 1.82) is 0 Å². The maximum Gasteiger partial charge on any atom is 0.324 e. The Hall–Kier alpha value is -1.06. The van der Waals surface area contributed by atoms with Crippen molar-refractivity contribution in [3.63, 3.8) is 0 Å². The highest BCUT2D eigenvalue weighted by molar-refractivity contribution is 5.99. The van der Waals surface area contributed by atoms with Gasteiger partial charge in [0.15, 0.2) is 5.41 Å². The van der Waals surface area contributed by atoms with Crippen molar-refractivity contribution >= 4 is 11.9 Å². The summed E-state index contributed by atoms with van der Waals surface area (Å²) in [5, 5.41) is 9.70. The van der Waals surface area contributed by atoms with Gasteiger partial charge in [0.25, 0.3) is 0 Å². The van der Waals surface area contributed by atoms with Crippen LogP contribution in [0.25, 0.3) is 0 Å². The predicted octanol–water partition coefficient (Wildman–Crippen LogP) is 4.13. The van der Waals surface area contributed by atoms with Gasteiger partial charge in [-0.1, -0.05) is 55.4 Å². The molecule has 0 aliphatic carbocycles. The lowest BCUT2D eigenvalue weighted by Gasteiger charge is -2.37. The largest absolute Gasteiger partial charge is 0.480 e. The molecule has 0 aliphatic heterocycles. The summed E-state index contributed by atoms with van der Waals surface area (Å²) in [6, 6.07) is 0. The van der Waals surface area contributed by atoms with Crippen LogP contribution in [0.1, 0.15) is 68.2 Å². The third-order valence-electron chi connectivity index (χ3n) is 4.05. The van der Waals surface area contributed by atoms with E-state index in [0.717, 1.165) is 0 Å². The molecule has 2 unspecified atom stereocenters. The number of esters is 1. The summed E-state index contributed by atoms with van der Waals surface area (Å²) in [6.45, 7) is 15.3. The van der Waals surface area contributed by atoms with Gasteiger partial charge in [0.05, 0.1) is 0 Å². The van der Waals surface area contributed by atoms with Crippen LogP contribution in [0.15, 0.2) is 0 Å². The molecule has 0 rings (SSSR count). The number of hydrogen-bond acceptors (Lipinski definition) is 3. The molecule has 21 heavy (non-hydrogen) atoms. The molecule has 0 heterocycles. The van der Waals surface area contributed by atoms with Crippen LogP contribution in [0.3, 0.4) is 0 Å². The topological polar surface area (TPSA) is 63.6 Å². The number of carboxylic acids is 1. The van der Waals surface area contributed by atoms with Gasteiger partial charge in [-0.3, -0.25) is 9.59 Å². The SMILES string of the molecule is CCC(OC(=O)C(CC(C)C)(C(=O)O)C(C)C)C(C)(C)C. The fourth-order valence-electron chi connectivity index (χ4n) is 2.73. The van der Waals surface area contributed by atoms with E-state index < -0.39 is 17.4 Å². The lowest BCUT2D eigenvalue weighted by atomic mass is 9.71. The van der Waals surface area contributed by atoms with Gasteiger partial charge in [-0.25, -0.2) is 0 Å². The summed E-state index contributed by atoms with van der Waals surface area (Å²) in [5.41, 5.74) is -1.67. The average molecular weight is 300 g/mol. The van der Waals surface area contributed by atoms with Crippen LogP contribution in [0.5, 0.6) is 0 Å². The van der Waals surface area contributed by atoms with Crippen LogP contribution in [0.2, 0.25) is 0 Å². The second-order valence-electron chi connectivity index (χ2n) is 7.70. The molecule has 0 radical (unpaired) electrons. The standard InChI is InChI=1S/C17H32O4/c1-9-13(16(6,7)8)21-15(20)17(12(4)5,14(18)19)10-11(2)3/h11-13H,9-10H2,1-8H3,(H,18,19). The van der Waals surface area contributed by atoms with E-state index >= 15 is 0 Å². The van der Waals surface area contributed by atoms with Crippen molar-refractivity contribution in [3.05, 3.63) is 0 Å². The molecule has 124 valence electrons. The first-order valence-electron chi connectivity index (χ1n) is 7.84. The molecule has 0 aromatic rings. The minimum Gasteiger partial charge on any atom is -0.480 e. The van der Waals surface area contributed by atoms with E-state index in [0.29, 0.717) is 12.8 Å². The maximum atomic E-state index is 12.7. The molecule has 4 nitrogen and oxygen atoms in total. The molecule has 0 bridgehead atoms. The van der Waals surface area contributed by atoms with Crippen LogP contribution >= 0.6 is 0 Å². The minimum absolute atomic E-state index is 0.103.